The lowest BCUT2D eigenvalue weighted by molar-refractivity contribution is -0.130. The van der Waals surface area contributed by atoms with E-state index >= 15 is 0 Å². The molecule has 0 saturated carbocycles. The van der Waals surface area contributed by atoms with Crippen LogP contribution in [0.25, 0.3) is 11.5 Å². The molecule has 3 aromatic heterocycles. The highest BCUT2D eigenvalue weighted by Crippen LogP contribution is 2.26. The number of aliphatic hydroxyl groups is 1. The van der Waals surface area contributed by atoms with E-state index in [0.717, 1.165) is 9.87 Å². The molecule has 2 N–H and O–H groups in total. The van der Waals surface area contributed by atoms with Crippen molar-refractivity contribution in [1.82, 2.24) is 29.0 Å². The van der Waals surface area contributed by atoms with Crippen LogP contribution in [0.4, 0.5) is 19.0 Å². The summed E-state index contributed by atoms with van der Waals surface area (Å²) in [6.45, 7) is 1.54. The molecule has 0 spiro atoms. The zero-order valence-corrected chi connectivity index (χ0v) is 20.5. The predicted octanol–water partition coefficient (Wildman–Crippen LogP) is 2.18. The van der Waals surface area contributed by atoms with Gasteiger partial charge in [0, 0.05) is 19.3 Å². The number of carbonyl (C=O) groups excluding carboxylic acids is 1. The number of fused-ring (bicyclic) bond motifs is 1. The van der Waals surface area contributed by atoms with E-state index in [2.05, 4.69) is 25.5 Å². The van der Waals surface area contributed by atoms with Crippen molar-refractivity contribution in [3.63, 3.8) is 0 Å². The van der Waals surface area contributed by atoms with Crippen molar-refractivity contribution in [2.24, 2.45) is 0 Å². The third kappa shape index (κ3) is 6.29. The van der Waals surface area contributed by atoms with Gasteiger partial charge in [0.05, 0.1) is 24.8 Å². The van der Waals surface area contributed by atoms with Crippen LogP contribution in [0.2, 0.25) is 0 Å². The highest BCUT2D eigenvalue weighted by atomic mass is 32.2. The maximum Gasteiger partial charge on any atom is 0.390 e. The second kappa shape index (κ2) is 10.5. The SMILES string of the molecule is C[C@H](CO)n1cnnc1-c1cccc(NC(=O)c2cc3c(cn2)CCN(S(=O)(=O)CCC(F)(F)F)C3)n1. The van der Waals surface area contributed by atoms with Gasteiger partial charge in [0.15, 0.2) is 5.82 Å². The Balaban J connectivity index is 1.49. The smallest absolute Gasteiger partial charge is 0.390 e. The molecule has 1 amide bonds. The molecule has 4 rings (SSSR count). The molecule has 0 bridgehead atoms. The Morgan fingerprint density at radius 3 is 2.78 bits per heavy atom. The van der Waals surface area contributed by atoms with Crippen LogP contribution in [0.5, 0.6) is 0 Å². The van der Waals surface area contributed by atoms with Crippen LogP contribution in [0.1, 0.15) is 41.0 Å². The van der Waals surface area contributed by atoms with Crippen molar-refractivity contribution in [1.29, 1.82) is 0 Å². The summed E-state index contributed by atoms with van der Waals surface area (Å²) in [4.78, 5) is 21.4. The van der Waals surface area contributed by atoms with Gasteiger partial charge in [-0.25, -0.2) is 13.4 Å². The van der Waals surface area contributed by atoms with Gasteiger partial charge in [-0.3, -0.25) is 9.78 Å². The summed E-state index contributed by atoms with van der Waals surface area (Å²) in [5.41, 5.74) is 1.62. The highest BCUT2D eigenvalue weighted by molar-refractivity contribution is 7.89. The molecule has 0 aromatic carbocycles. The number of amides is 1. The molecule has 0 radical (unpaired) electrons. The zero-order valence-electron chi connectivity index (χ0n) is 19.7. The topological polar surface area (TPSA) is 143 Å². The normalized spacial score (nSPS) is 15.3. The number of nitrogens with zero attached hydrogens (tertiary/aromatic N) is 6. The molecule has 11 nitrogen and oxygen atoms in total. The molecule has 1 aliphatic rings. The first-order valence-electron chi connectivity index (χ1n) is 11.3. The first-order valence-corrected chi connectivity index (χ1v) is 12.9. The number of anilines is 1. The van der Waals surface area contributed by atoms with Crippen LogP contribution >= 0.6 is 0 Å². The van der Waals surface area contributed by atoms with Crippen molar-refractivity contribution < 1.29 is 31.5 Å². The van der Waals surface area contributed by atoms with Gasteiger partial charge in [-0.05, 0) is 42.7 Å². The average molecular weight is 540 g/mol. The van der Waals surface area contributed by atoms with Gasteiger partial charge < -0.3 is 15.0 Å². The maximum atomic E-state index is 12.9. The molecule has 37 heavy (non-hydrogen) atoms. The quantitative estimate of drug-likeness (QED) is 0.444. The first-order chi connectivity index (χ1) is 17.5. The van der Waals surface area contributed by atoms with Crippen LogP contribution in [0.3, 0.4) is 0 Å². The Labute approximate surface area is 210 Å². The summed E-state index contributed by atoms with van der Waals surface area (Å²) in [5.74, 6) is -1.03. The largest absolute Gasteiger partial charge is 0.394 e. The van der Waals surface area contributed by atoms with Crippen molar-refractivity contribution in [2.45, 2.75) is 38.5 Å². The fourth-order valence-corrected chi connectivity index (χ4v) is 5.25. The molecule has 0 saturated heterocycles. The summed E-state index contributed by atoms with van der Waals surface area (Å²) in [6, 6.07) is 6.03. The van der Waals surface area contributed by atoms with Crippen LogP contribution in [-0.2, 0) is 23.0 Å². The van der Waals surface area contributed by atoms with E-state index in [9.17, 15) is 31.5 Å². The number of halogens is 3. The monoisotopic (exact) mass is 539 g/mol. The van der Waals surface area contributed by atoms with Gasteiger partial charge in [-0.15, -0.1) is 10.2 Å². The first kappa shape index (κ1) is 26.6. The molecule has 4 heterocycles. The van der Waals surface area contributed by atoms with Gasteiger partial charge in [0.25, 0.3) is 5.91 Å². The molecule has 15 heteroatoms. The molecule has 198 valence electrons. The fraction of sp³-hybridized carbons (Fsp3) is 0.409. The second-order valence-corrected chi connectivity index (χ2v) is 10.6. The predicted molar refractivity (Wildman–Crippen MR) is 126 cm³/mol. The van der Waals surface area contributed by atoms with Crippen LogP contribution in [0, 0.1) is 0 Å². The molecular formula is C22H24F3N7O4S. The molecule has 0 fully saturated rings. The number of aliphatic hydroxyl groups excluding tert-OH is 1. The van der Waals surface area contributed by atoms with E-state index < -0.39 is 34.3 Å². The lowest BCUT2D eigenvalue weighted by atomic mass is 10.0. The van der Waals surface area contributed by atoms with Gasteiger partial charge >= 0.3 is 6.18 Å². The summed E-state index contributed by atoms with van der Waals surface area (Å²) in [5, 5.41) is 20.0. The number of hydrogen-bond acceptors (Lipinski definition) is 8. The Morgan fingerprint density at radius 1 is 1.27 bits per heavy atom. The lowest BCUT2D eigenvalue weighted by Gasteiger charge is -2.28. The van der Waals surface area contributed by atoms with Crippen molar-refractivity contribution in [3.05, 3.63) is 53.6 Å². The van der Waals surface area contributed by atoms with Crippen LogP contribution in [0.15, 0.2) is 36.8 Å². The van der Waals surface area contributed by atoms with Gasteiger partial charge in [0.2, 0.25) is 10.0 Å². The van der Waals surface area contributed by atoms with Crippen molar-refractivity contribution in [2.75, 3.05) is 24.2 Å². The number of rotatable bonds is 8. The summed E-state index contributed by atoms with van der Waals surface area (Å²) in [6.07, 6.45) is -2.80. The average Bonchev–Trinajstić information content (AvgIpc) is 3.36. The standard InChI is InChI=1S/C22H24F3N7O4S/c1-14(12-33)32-13-27-30-20(32)17-3-2-4-19(28-17)29-21(34)18-9-16-11-31(7-5-15(16)10-26-18)37(35,36)8-6-22(23,24)25/h2-4,9-10,13-14,33H,5-8,11-12H2,1H3,(H,28,29,34)/t14-/m1/s1. The third-order valence-corrected chi connectivity index (χ3v) is 7.68. The van der Waals surface area contributed by atoms with E-state index in [1.54, 1.807) is 29.7 Å². The third-order valence-electron chi connectivity index (χ3n) is 5.86. The Bertz CT molecular complexity index is 1390. The molecule has 1 aliphatic heterocycles. The number of pyridine rings is 2. The number of sulfonamides is 1. The minimum Gasteiger partial charge on any atom is -0.394 e. The minimum absolute atomic E-state index is 0.00226. The van der Waals surface area contributed by atoms with E-state index in [1.165, 1.54) is 18.6 Å². The van der Waals surface area contributed by atoms with Crippen molar-refractivity contribution >= 4 is 21.7 Å². The summed E-state index contributed by atoms with van der Waals surface area (Å²) < 4.78 is 65.1. The van der Waals surface area contributed by atoms with Gasteiger partial charge in [-0.2, -0.15) is 17.5 Å². The summed E-state index contributed by atoms with van der Waals surface area (Å²) in [7, 11) is -4.13. The lowest BCUT2D eigenvalue weighted by Crippen LogP contribution is -2.38. The van der Waals surface area contributed by atoms with Gasteiger partial charge in [-0.1, -0.05) is 6.07 Å². The van der Waals surface area contributed by atoms with E-state index in [4.69, 9.17) is 0 Å². The van der Waals surface area contributed by atoms with E-state index in [1.807, 2.05) is 0 Å². The Kier molecular flexibility index (Phi) is 7.57. The molecule has 3 aromatic rings. The van der Waals surface area contributed by atoms with E-state index in [0.29, 0.717) is 17.1 Å². The minimum atomic E-state index is -4.58. The summed E-state index contributed by atoms with van der Waals surface area (Å²) >= 11 is 0. The number of alkyl halides is 3. The highest BCUT2D eigenvalue weighted by Gasteiger charge is 2.34. The number of aromatic nitrogens is 5. The number of nitrogens with one attached hydrogen (secondary N) is 1. The fourth-order valence-electron chi connectivity index (χ4n) is 3.79. The maximum absolute atomic E-state index is 12.9. The molecule has 1 atom stereocenters. The Morgan fingerprint density at radius 2 is 2.05 bits per heavy atom. The van der Waals surface area contributed by atoms with Crippen molar-refractivity contribution in [3.8, 4) is 11.5 Å². The van der Waals surface area contributed by atoms with E-state index in [-0.39, 0.29) is 43.7 Å². The van der Waals surface area contributed by atoms with Crippen LogP contribution < -0.4 is 5.32 Å². The molecular weight excluding hydrogens is 515 g/mol. The van der Waals surface area contributed by atoms with Gasteiger partial charge in [0.1, 0.15) is 23.5 Å². The Hall–Kier alpha value is -3.43. The second-order valence-electron chi connectivity index (χ2n) is 8.56. The zero-order chi connectivity index (χ0) is 26.8. The number of carbonyl (C=O) groups is 1. The number of hydrogen-bond donors (Lipinski definition) is 2. The molecule has 0 unspecified atom stereocenters. The molecule has 0 aliphatic carbocycles. The van der Waals surface area contributed by atoms with Crippen LogP contribution in [-0.4, -0.2) is 73.5 Å².